The van der Waals surface area contributed by atoms with Crippen molar-refractivity contribution in [2.45, 2.75) is 40.0 Å². The van der Waals surface area contributed by atoms with Gasteiger partial charge in [-0.2, -0.15) is 0 Å². The van der Waals surface area contributed by atoms with Crippen LogP contribution >= 0.6 is 0 Å². The van der Waals surface area contributed by atoms with Crippen molar-refractivity contribution in [1.82, 2.24) is 5.32 Å². The summed E-state index contributed by atoms with van der Waals surface area (Å²) in [6.45, 7) is 5.23. The standard InChI is InChI=1S/C22H26N2O7/c1-20(9-21(2)11-22(3,10-20)19(29)24-18(21)28)17(27)23-14-7-12(15(25)30-4)6-13(8-14)16(26)31-5/h6-8H,9-11H2,1-5H3,(H,23,27)(H,24,28,29). The molecule has 1 aliphatic heterocycles. The summed E-state index contributed by atoms with van der Waals surface area (Å²) in [4.78, 5) is 62.3. The van der Waals surface area contributed by atoms with Crippen LogP contribution in [0.5, 0.6) is 0 Å². The lowest BCUT2D eigenvalue weighted by Gasteiger charge is -2.53. The Bertz CT molecular complexity index is 939. The number of hydrogen-bond acceptors (Lipinski definition) is 7. The Morgan fingerprint density at radius 2 is 1.29 bits per heavy atom. The number of esters is 2. The Morgan fingerprint density at radius 3 is 1.71 bits per heavy atom. The number of imide groups is 1. The van der Waals surface area contributed by atoms with Gasteiger partial charge in [0, 0.05) is 21.9 Å². The van der Waals surface area contributed by atoms with Gasteiger partial charge in [-0.25, -0.2) is 9.59 Å². The molecule has 3 amide bonds. The number of fused-ring (bicyclic) bond motifs is 2. The molecule has 9 heteroatoms. The molecule has 1 heterocycles. The lowest BCUT2D eigenvalue weighted by atomic mass is 9.52. The Morgan fingerprint density at radius 1 is 0.839 bits per heavy atom. The van der Waals surface area contributed by atoms with E-state index < -0.39 is 34.1 Å². The smallest absolute Gasteiger partial charge is 0.337 e. The van der Waals surface area contributed by atoms with E-state index in [9.17, 15) is 24.0 Å². The van der Waals surface area contributed by atoms with Gasteiger partial charge in [0.2, 0.25) is 17.7 Å². The number of piperidine rings is 1. The van der Waals surface area contributed by atoms with Gasteiger partial charge in [-0.05, 0) is 37.5 Å². The number of rotatable bonds is 4. The predicted octanol–water partition coefficient (Wildman–Crippen LogP) is 2.06. The number of carbonyl (C=O) groups is 5. The van der Waals surface area contributed by atoms with Crippen LogP contribution in [-0.2, 0) is 23.9 Å². The van der Waals surface area contributed by atoms with Crippen LogP contribution in [0.1, 0.15) is 60.7 Å². The Kier molecular flexibility index (Phi) is 5.41. The summed E-state index contributed by atoms with van der Waals surface area (Å²) in [5, 5.41) is 5.18. The maximum atomic E-state index is 13.3. The van der Waals surface area contributed by atoms with E-state index in [2.05, 4.69) is 10.6 Å². The summed E-state index contributed by atoms with van der Waals surface area (Å²) in [6, 6.07) is 4.10. The molecular formula is C22H26N2O7. The quantitative estimate of drug-likeness (QED) is 0.553. The van der Waals surface area contributed by atoms with Gasteiger partial charge >= 0.3 is 11.9 Å². The van der Waals surface area contributed by atoms with Crippen molar-refractivity contribution in [1.29, 1.82) is 0 Å². The minimum atomic E-state index is -1.03. The molecule has 0 aromatic heterocycles. The molecule has 2 unspecified atom stereocenters. The van der Waals surface area contributed by atoms with E-state index in [4.69, 9.17) is 9.47 Å². The monoisotopic (exact) mass is 430 g/mol. The predicted molar refractivity (Wildman–Crippen MR) is 109 cm³/mol. The molecule has 2 atom stereocenters. The first-order valence-corrected chi connectivity index (χ1v) is 9.85. The zero-order valence-electron chi connectivity index (χ0n) is 18.2. The zero-order valence-corrected chi connectivity index (χ0v) is 18.2. The van der Waals surface area contributed by atoms with Gasteiger partial charge in [0.05, 0.1) is 25.3 Å². The lowest BCUT2D eigenvalue weighted by molar-refractivity contribution is -0.163. The average Bonchev–Trinajstić information content (AvgIpc) is 2.70. The Balaban J connectivity index is 1.95. The largest absolute Gasteiger partial charge is 0.465 e. The summed E-state index contributed by atoms with van der Waals surface area (Å²) in [7, 11) is 2.41. The summed E-state index contributed by atoms with van der Waals surface area (Å²) >= 11 is 0. The molecule has 3 rings (SSSR count). The van der Waals surface area contributed by atoms with Gasteiger partial charge in [0.1, 0.15) is 0 Å². The van der Waals surface area contributed by atoms with Crippen LogP contribution in [-0.4, -0.2) is 43.9 Å². The molecule has 0 spiro atoms. The number of amides is 3. The number of anilines is 1. The summed E-state index contributed by atoms with van der Waals surface area (Å²) in [6.07, 6.45) is 0.875. The van der Waals surface area contributed by atoms with Crippen LogP contribution in [0.25, 0.3) is 0 Å². The summed E-state index contributed by atoms with van der Waals surface area (Å²) in [5.74, 6) is -2.53. The molecule has 1 aromatic rings. The molecule has 2 bridgehead atoms. The van der Waals surface area contributed by atoms with Crippen LogP contribution in [0.15, 0.2) is 18.2 Å². The van der Waals surface area contributed by atoms with Gasteiger partial charge in [-0.15, -0.1) is 0 Å². The van der Waals surface area contributed by atoms with Crippen LogP contribution < -0.4 is 10.6 Å². The minimum Gasteiger partial charge on any atom is -0.465 e. The molecule has 2 N–H and O–H groups in total. The van der Waals surface area contributed by atoms with Gasteiger partial charge in [0.25, 0.3) is 0 Å². The second kappa shape index (κ2) is 7.47. The van der Waals surface area contributed by atoms with Crippen molar-refractivity contribution in [2.75, 3.05) is 19.5 Å². The second-order valence-electron chi connectivity index (χ2n) is 9.23. The van der Waals surface area contributed by atoms with Crippen molar-refractivity contribution in [3.8, 4) is 0 Å². The summed E-state index contributed by atoms with van der Waals surface area (Å²) in [5.41, 5.74) is -2.41. The third-order valence-electron chi connectivity index (χ3n) is 6.25. The molecular weight excluding hydrogens is 404 g/mol. The number of hydrogen-bond donors (Lipinski definition) is 2. The van der Waals surface area contributed by atoms with Gasteiger partial charge in [-0.3, -0.25) is 19.7 Å². The van der Waals surface area contributed by atoms with Crippen molar-refractivity contribution in [3.63, 3.8) is 0 Å². The second-order valence-corrected chi connectivity index (χ2v) is 9.23. The van der Waals surface area contributed by atoms with E-state index in [1.165, 1.54) is 32.4 Å². The normalized spacial score (nSPS) is 29.6. The topological polar surface area (TPSA) is 128 Å². The van der Waals surface area contributed by atoms with Crippen LogP contribution in [0.2, 0.25) is 0 Å². The minimum absolute atomic E-state index is 0.0693. The molecule has 9 nitrogen and oxygen atoms in total. The molecule has 1 aromatic carbocycles. The average molecular weight is 430 g/mol. The fourth-order valence-electron chi connectivity index (χ4n) is 5.11. The first kappa shape index (κ1) is 22.5. The fraction of sp³-hybridized carbons (Fsp3) is 0.500. The number of carbonyl (C=O) groups excluding carboxylic acids is 5. The zero-order chi connectivity index (χ0) is 23.2. The Hall–Kier alpha value is -3.23. The molecule has 0 radical (unpaired) electrons. The highest BCUT2D eigenvalue weighted by atomic mass is 16.5. The molecule has 2 aliphatic rings. The third-order valence-corrected chi connectivity index (χ3v) is 6.25. The van der Waals surface area contributed by atoms with Crippen LogP contribution in [0, 0.1) is 16.2 Å². The maximum Gasteiger partial charge on any atom is 0.337 e. The SMILES string of the molecule is COC(=O)c1cc(NC(=O)C2(C)CC3(C)CC(C)(C2)C(=O)NC3=O)cc(C(=O)OC)c1. The maximum absolute atomic E-state index is 13.3. The van der Waals surface area contributed by atoms with Crippen molar-refractivity contribution < 1.29 is 33.4 Å². The highest BCUT2D eigenvalue weighted by Crippen LogP contribution is 2.56. The molecule has 1 saturated carbocycles. The third kappa shape index (κ3) is 3.92. The van der Waals surface area contributed by atoms with Crippen LogP contribution in [0.4, 0.5) is 5.69 Å². The van der Waals surface area contributed by atoms with Gasteiger partial charge < -0.3 is 14.8 Å². The van der Waals surface area contributed by atoms with E-state index in [1.807, 2.05) is 0 Å². The van der Waals surface area contributed by atoms with Crippen LogP contribution in [0.3, 0.4) is 0 Å². The van der Waals surface area contributed by atoms with E-state index >= 15 is 0 Å². The lowest BCUT2D eigenvalue weighted by Crippen LogP contribution is -2.63. The highest BCUT2D eigenvalue weighted by Gasteiger charge is 2.60. The number of benzene rings is 1. The van der Waals surface area contributed by atoms with Crippen molar-refractivity contribution >= 4 is 35.3 Å². The van der Waals surface area contributed by atoms with Gasteiger partial charge in [-0.1, -0.05) is 20.8 Å². The summed E-state index contributed by atoms with van der Waals surface area (Å²) < 4.78 is 9.43. The van der Waals surface area contributed by atoms with Gasteiger partial charge in [0.15, 0.2) is 0 Å². The first-order valence-electron chi connectivity index (χ1n) is 9.85. The molecule has 2 fully saturated rings. The number of methoxy groups -OCH3 is 2. The molecule has 1 aliphatic carbocycles. The van der Waals surface area contributed by atoms with Crippen molar-refractivity contribution in [3.05, 3.63) is 29.3 Å². The Labute approximate surface area is 179 Å². The molecule has 166 valence electrons. The van der Waals surface area contributed by atoms with E-state index in [-0.39, 0.29) is 41.5 Å². The number of ether oxygens (including phenoxy) is 2. The molecule has 31 heavy (non-hydrogen) atoms. The van der Waals surface area contributed by atoms with E-state index in [0.717, 1.165) is 0 Å². The van der Waals surface area contributed by atoms with Crippen molar-refractivity contribution in [2.24, 2.45) is 16.2 Å². The number of nitrogens with one attached hydrogen (secondary N) is 2. The fourth-order valence-corrected chi connectivity index (χ4v) is 5.11. The first-order chi connectivity index (χ1) is 14.4. The van der Waals surface area contributed by atoms with E-state index in [1.54, 1.807) is 20.8 Å². The highest BCUT2D eigenvalue weighted by molar-refractivity contribution is 6.06. The van der Waals surface area contributed by atoms with E-state index in [0.29, 0.717) is 6.42 Å². The molecule has 1 saturated heterocycles.